The number of nitro groups is 1. The summed E-state index contributed by atoms with van der Waals surface area (Å²) in [4.78, 5) is 26.2. The summed E-state index contributed by atoms with van der Waals surface area (Å²) in [5.41, 5.74) is -0.107. The van der Waals surface area contributed by atoms with Crippen LogP contribution in [0.4, 0.5) is 11.5 Å². The lowest BCUT2D eigenvalue weighted by Crippen LogP contribution is -2.13. The van der Waals surface area contributed by atoms with Crippen LogP contribution in [0.3, 0.4) is 0 Å². The third kappa shape index (κ3) is 4.27. The van der Waals surface area contributed by atoms with E-state index in [1.165, 1.54) is 25.4 Å². The maximum absolute atomic E-state index is 12.0. The quantitative estimate of drug-likeness (QED) is 0.691. The maximum atomic E-state index is 12.0. The average Bonchev–Trinajstić information content (AvgIpc) is 2.57. The first kappa shape index (κ1) is 17.1. The molecular weight excluding hydrogens is 286 g/mol. The summed E-state index contributed by atoms with van der Waals surface area (Å²) in [5.74, 6) is -0.00481. The highest BCUT2D eigenvalue weighted by Gasteiger charge is 2.18. The van der Waals surface area contributed by atoms with Crippen LogP contribution in [0.25, 0.3) is 0 Å². The van der Waals surface area contributed by atoms with E-state index in [0.29, 0.717) is 5.82 Å². The van der Waals surface area contributed by atoms with Gasteiger partial charge in [0.15, 0.2) is 5.75 Å². The number of nitrogens with one attached hydrogen (secondary N) is 1. The molecule has 1 aromatic heterocycles. The van der Waals surface area contributed by atoms with E-state index in [9.17, 15) is 14.9 Å². The fourth-order valence-corrected chi connectivity index (χ4v) is 1.60. The van der Waals surface area contributed by atoms with Crippen molar-refractivity contribution in [2.75, 3.05) is 12.4 Å². The van der Waals surface area contributed by atoms with Crippen molar-refractivity contribution in [2.24, 2.45) is 0 Å². The van der Waals surface area contributed by atoms with E-state index in [2.05, 4.69) is 10.3 Å². The van der Waals surface area contributed by atoms with Crippen molar-refractivity contribution >= 4 is 17.4 Å². The summed E-state index contributed by atoms with van der Waals surface area (Å²) in [6.07, 6.45) is 1.53. The lowest BCUT2D eigenvalue weighted by atomic mass is 10.1. The molecule has 0 atom stereocenters. The lowest BCUT2D eigenvalue weighted by molar-refractivity contribution is -0.385. The van der Waals surface area contributed by atoms with E-state index in [1.807, 2.05) is 13.8 Å². The van der Waals surface area contributed by atoms with Gasteiger partial charge in [0.2, 0.25) is 0 Å². The molecule has 0 bridgehead atoms. The number of pyridine rings is 1. The van der Waals surface area contributed by atoms with Gasteiger partial charge < -0.3 is 10.1 Å². The third-order valence-electron chi connectivity index (χ3n) is 2.54. The summed E-state index contributed by atoms with van der Waals surface area (Å²) in [6, 6.07) is 9.05. The molecule has 0 saturated carbocycles. The highest BCUT2D eigenvalue weighted by molar-refractivity contribution is 6.04. The molecule has 116 valence electrons. The minimum absolute atomic E-state index is 0.101. The Hall–Kier alpha value is -2.96. The Bertz CT molecular complexity index is 644. The smallest absolute Gasteiger partial charge is 0.311 e. The normalized spacial score (nSPS) is 9.23. The minimum Gasteiger partial charge on any atom is -0.490 e. The molecule has 1 aromatic carbocycles. The van der Waals surface area contributed by atoms with Crippen LogP contribution >= 0.6 is 0 Å². The molecule has 2 aromatic rings. The van der Waals surface area contributed by atoms with Crippen LogP contribution in [0.15, 0.2) is 42.6 Å². The van der Waals surface area contributed by atoms with Crippen molar-refractivity contribution in [1.82, 2.24) is 4.98 Å². The van der Waals surface area contributed by atoms with E-state index < -0.39 is 10.8 Å². The van der Waals surface area contributed by atoms with Gasteiger partial charge in [-0.1, -0.05) is 19.9 Å². The molecule has 1 heterocycles. The number of nitrogens with zero attached hydrogens (tertiary/aromatic N) is 2. The van der Waals surface area contributed by atoms with Crippen LogP contribution in [0.5, 0.6) is 5.75 Å². The monoisotopic (exact) mass is 303 g/mol. The molecule has 0 unspecified atom stereocenters. The van der Waals surface area contributed by atoms with Crippen molar-refractivity contribution in [3.05, 3.63) is 58.3 Å². The molecule has 1 amide bonds. The highest BCUT2D eigenvalue weighted by atomic mass is 16.6. The number of amides is 1. The molecule has 2 rings (SSSR count). The largest absolute Gasteiger partial charge is 0.490 e. The molecule has 0 aliphatic carbocycles. The molecule has 0 aliphatic heterocycles. The van der Waals surface area contributed by atoms with Gasteiger partial charge in [-0.15, -0.1) is 0 Å². The molecule has 0 saturated heterocycles. The minimum atomic E-state index is -0.601. The summed E-state index contributed by atoms with van der Waals surface area (Å²) in [5, 5.41) is 13.4. The fraction of sp³-hybridized carbons (Fsp3) is 0.200. The number of benzene rings is 1. The second-order valence-corrected chi connectivity index (χ2v) is 3.81. The van der Waals surface area contributed by atoms with Crippen LogP contribution in [-0.2, 0) is 0 Å². The fourth-order valence-electron chi connectivity index (χ4n) is 1.60. The predicted molar refractivity (Wildman–Crippen MR) is 83.2 cm³/mol. The number of ether oxygens (including phenoxy) is 1. The Morgan fingerprint density at radius 2 is 2.00 bits per heavy atom. The van der Waals surface area contributed by atoms with Crippen molar-refractivity contribution in [1.29, 1.82) is 0 Å². The van der Waals surface area contributed by atoms with Crippen LogP contribution in [0, 0.1) is 10.1 Å². The number of hydrogen-bond donors (Lipinski definition) is 1. The van der Waals surface area contributed by atoms with Gasteiger partial charge in [-0.05, 0) is 24.3 Å². The van der Waals surface area contributed by atoms with Crippen molar-refractivity contribution in [2.45, 2.75) is 13.8 Å². The van der Waals surface area contributed by atoms with Crippen LogP contribution < -0.4 is 10.1 Å². The second-order valence-electron chi connectivity index (χ2n) is 3.81. The van der Waals surface area contributed by atoms with Gasteiger partial charge in [0, 0.05) is 17.8 Å². The first-order chi connectivity index (χ1) is 10.6. The SMILES string of the molecule is CC.COc1ccc(C(=O)Nc2ccccn2)cc1[N+](=O)[O-]. The number of aromatic nitrogens is 1. The number of methoxy groups -OCH3 is 1. The summed E-state index contributed by atoms with van der Waals surface area (Å²) < 4.78 is 4.87. The van der Waals surface area contributed by atoms with Crippen LogP contribution in [-0.4, -0.2) is 22.9 Å². The Labute approximate surface area is 128 Å². The predicted octanol–water partition coefficient (Wildman–Crippen LogP) is 3.28. The highest BCUT2D eigenvalue weighted by Crippen LogP contribution is 2.27. The molecule has 7 nitrogen and oxygen atoms in total. The van der Waals surface area contributed by atoms with E-state index in [-0.39, 0.29) is 17.0 Å². The summed E-state index contributed by atoms with van der Waals surface area (Å²) >= 11 is 0. The summed E-state index contributed by atoms with van der Waals surface area (Å²) in [6.45, 7) is 4.00. The molecule has 0 spiro atoms. The number of rotatable bonds is 4. The van der Waals surface area contributed by atoms with Gasteiger partial charge >= 0.3 is 5.69 Å². The molecular formula is C15H17N3O4. The zero-order valence-corrected chi connectivity index (χ0v) is 12.6. The molecule has 1 N–H and O–H groups in total. The standard InChI is InChI=1S/C13H11N3O4.C2H6/c1-20-11-6-5-9(8-10(11)16(18)19)13(17)15-12-4-2-3-7-14-12;1-2/h2-8H,1H3,(H,14,15,17);1-2H3. The van der Waals surface area contributed by atoms with Gasteiger partial charge in [0.05, 0.1) is 12.0 Å². The van der Waals surface area contributed by atoms with Gasteiger partial charge in [0.1, 0.15) is 5.82 Å². The van der Waals surface area contributed by atoms with Gasteiger partial charge in [-0.3, -0.25) is 14.9 Å². The number of hydrogen-bond acceptors (Lipinski definition) is 5. The maximum Gasteiger partial charge on any atom is 0.311 e. The zero-order valence-electron chi connectivity index (χ0n) is 12.6. The number of nitro benzene ring substituents is 1. The summed E-state index contributed by atoms with van der Waals surface area (Å²) in [7, 11) is 1.33. The molecule has 0 radical (unpaired) electrons. The topological polar surface area (TPSA) is 94.4 Å². The van der Waals surface area contributed by atoms with Crippen molar-refractivity contribution in [3.8, 4) is 5.75 Å². The number of carbonyl (C=O) groups excluding carboxylic acids is 1. The van der Waals surface area contributed by atoms with Crippen LogP contribution in [0.1, 0.15) is 24.2 Å². The zero-order chi connectivity index (χ0) is 16.5. The Balaban J connectivity index is 0.00000116. The molecule has 22 heavy (non-hydrogen) atoms. The van der Waals surface area contributed by atoms with Crippen molar-refractivity contribution < 1.29 is 14.5 Å². The Kier molecular flexibility index (Phi) is 6.49. The van der Waals surface area contributed by atoms with E-state index in [4.69, 9.17) is 4.74 Å². The van der Waals surface area contributed by atoms with E-state index in [1.54, 1.807) is 18.2 Å². The van der Waals surface area contributed by atoms with Gasteiger partial charge in [0.25, 0.3) is 5.91 Å². The van der Waals surface area contributed by atoms with E-state index >= 15 is 0 Å². The average molecular weight is 303 g/mol. The van der Waals surface area contributed by atoms with E-state index in [0.717, 1.165) is 6.07 Å². The molecule has 0 fully saturated rings. The number of anilines is 1. The second kappa shape index (κ2) is 8.35. The van der Waals surface area contributed by atoms with Crippen LogP contribution in [0.2, 0.25) is 0 Å². The third-order valence-corrected chi connectivity index (χ3v) is 2.54. The number of carbonyl (C=O) groups is 1. The Morgan fingerprint density at radius 3 is 2.55 bits per heavy atom. The van der Waals surface area contributed by atoms with Gasteiger partial charge in [-0.2, -0.15) is 0 Å². The molecule has 7 heteroatoms. The van der Waals surface area contributed by atoms with Crippen molar-refractivity contribution in [3.63, 3.8) is 0 Å². The van der Waals surface area contributed by atoms with Gasteiger partial charge in [-0.25, -0.2) is 4.98 Å². The molecule has 0 aliphatic rings. The first-order valence-electron chi connectivity index (χ1n) is 6.66. The Morgan fingerprint density at radius 1 is 1.27 bits per heavy atom. The first-order valence-corrected chi connectivity index (χ1v) is 6.66. The lowest BCUT2D eigenvalue weighted by Gasteiger charge is -2.06.